The molecular weight excluding hydrogens is 368 g/mol. The van der Waals surface area contributed by atoms with Crippen molar-refractivity contribution in [2.45, 2.75) is 20.5 Å². The summed E-state index contributed by atoms with van der Waals surface area (Å²) in [7, 11) is 4.81. The van der Waals surface area contributed by atoms with Crippen LogP contribution in [0.15, 0.2) is 36.4 Å². The van der Waals surface area contributed by atoms with E-state index in [1.165, 1.54) is 7.11 Å². The van der Waals surface area contributed by atoms with Gasteiger partial charge in [0.15, 0.2) is 0 Å². The van der Waals surface area contributed by atoms with Crippen LogP contribution in [0.2, 0.25) is 0 Å². The number of fused-ring (bicyclic) bond motifs is 1. The molecule has 3 rings (SSSR count). The van der Waals surface area contributed by atoms with Crippen LogP contribution in [0, 0.1) is 13.8 Å². The van der Waals surface area contributed by atoms with Gasteiger partial charge in [-0.3, -0.25) is 4.79 Å². The quantitative estimate of drug-likeness (QED) is 0.648. The van der Waals surface area contributed by atoms with Crippen LogP contribution >= 0.6 is 0 Å². The third kappa shape index (κ3) is 4.55. The normalized spacial score (nSPS) is 10.9. The lowest BCUT2D eigenvalue weighted by Gasteiger charge is -2.14. The average Bonchev–Trinajstić information content (AvgIpc) is 2.69. The van der Waals surface area contributed by atoms with Crippen molar-refractivity contribution in [2.24, 2.45) is 0 Å². The van der Waals surface area contributed by atoms with Gasteiger partial charge in [-0.05, 0) is 61.4 Å². The standard InChI is InChI=1S/C23H26N2O4/c1-14-8-20(16-6-7-22(29-5)17(10-16)12-27-3)24-21-9-15(2)19(11-18(14)21)25-23(26)13-28-4/h6-11H,12-13H2,1-5H3,(H,25,26). The third-order valence-corrected chi connectivity index (χ3v) is 4.79. The van der Waals surface area contributed by atoms with E-state index in [2.05, 4.69) is 11.4 Å². The minimum atomic E-state index is -0.180. The number of methoxy groups -OCH3 is 3. The first-order valence-electron chi connectivity index (χ1n) is 9.33. The lowest BCUT2D eigenvalue weighted by atomic mass is 10.0. The Kier molecular flexibility index (Phi) is 6.46. The predicted molar refractivity (Wildman–Crippen MR) is 114 cm³/mol. The Morgan fingerprint density at radius 1 is 1.00 bits per heavy atom. The number of nitrogens with zero attached hydrogens (tertiary/aromatic N) is 1. The minimum Gasteiger partial charge on any atom is -0.496 e. The molecule has 0 bridgehead atoms. The van der Waals surface area contributed by atoms with Gasteiger partial charge in [0.25, 0.3) is 0 Å². The summed E-state index contributed by atoms with van der Waals surface area (Å²) in [5, 5.41) is 3.89. The Hall–Kier alpha value is -2.96. The number of rotatable bonds is 7. The monoisotopic (exact) mass is 394 g/mol. The van der Waals surface area contributed by atoms with Gasteiger partial charge in [0.2, 0.25) is 5.91 Å². The van der Waals surface area contributed by atoms with Crippen molar-refractivity contribution in [3.63, 3.8) is 0 Å². The Morgan fingerprint density at radius 3 is 2.48 bits per heavy atom. The highest BCUT2D eigenvalue weighted by Crippen LogP contribution is 2.31. The van der Waals surface area contributed by atoms with Gasteiger partial charge in [0, 0.05) is 36.4 Å². The molecule has 3 aromatic rings. The molecule has 0 aliphatic rings. The van der Waals surface area contributed by atoms with Gasteiger partial charge in [0.05, 0.1) is 24.9 Å². The molecular formula is C23H26N2O4. The van der Waals surface area contributed by atoms with Crippen LogP contribution < -0.4 is 10.1 Å². The van der Waals surface area contributed by atoms with Gasteiger partial charge in [-0.2, -0.15) is 0 Å². The molecule has 6 heteroatoms. The number of nitrogens with one attached hydrogen (secondary N) is 1. The lowest BCUT2D eigenvalue weighted by Crippen LogP contribution is -2.17. The smallest absolute Gasteiger partial charge is 0.250 e. The third-order valence-electron chi connectivity index (χ3n) is 4.79. The molecule has 1 N–H and O–H groups in total. The summed E-state index contributed by atoms with van der Waals surface area (Å²) in [6, 6.07) is 12.0. The largest absolute Gasteiger partial charge is 0.496 e. The van der Waals surface area contributed by atoms with Gasteiger partial charge >= 0.3 is 0 Å². The number of hydrogen-bond donors (Lipinski definition) is 1. The zero-order valence-corrected chi connectivity index (χ0v) is 17.5. The van der Waals surface area contributed by atoms with E-state index in [0.717, 1.165) is 50.3 Å². The molecule has 1 aromatic heterocycles. The number of ether oxygens (including phenoxy) is 3. The van der Waals surface area contributed by atoms with E-state index < -0.39 is 0 Å². The molecule has 0 atom stereocenters. The number of pyridine rings is 1. The number of benzene rings is 2. The summed E-state index contributed by atoms with van der Waals surface area (Å²) >= 11 is 0. The number of aryl methyl sites for hydroxylation is 2. The van der Waals surface area contributed by atoms with Crippen molar-refractivity contribution in [2.75, 3.05) is 33.3 Å². The van der Waals surface area contributed by atoms with Crippen molar-refractivity contribution < 1.29 is 19.0 Å². The van der Waals surface area contributed by atoms with Gasteiger partial charge in [-0.1, -0.05) is 0 Å². The van der Waals surface area contributed by atoms with Gasteiger partial charge in [0.1, 0.15) is 12.4 Å². The van der Waals surface area contributed by atoms with Crippen LogP contribution in [0.1, 0.15) is 16.7 Å². The fraction of sp³-hybridized carbons (Fsp3) is 0.304. The van der Waals surface area contributed by atoms with E-state index >= 15 is 0 Å². The Bertz CT molecular complexity index is 1050. The number of anilines is 1. The fourth-order valence-electron chi connectivity index (χ4n) is 3.35. The highest BCUT2D eigenvalue weighted by molar-refractivity contribution is 5.96. The molecule has 0 fully saturated rings. The van der Waals surface area contributed by atoms with Crippen LogP contribution in [0.3, 0.4) is 0 Å². The van der Waals surface area contributed by atoms with Crippen molar-refractivity contribution in [3.8, 4) is 17.0 Å². The Balaban J connectivity index is 2.04. The molecule has 1 heterocycles. The number of amides is 1. The average molecular weight is 394 g/mol. The van der Waals surface area contributed by atoms with E-state index in [9.17, 15) is 4.79 Å². The molecule has 0 aliphatic heterocycles. The number of carbonyl (C=O) groups excluding carboxylic acids is 1. The molecule has 0 saturated heterocycles. The highest BCUT2D eigenvalue weighted by Gasteiger charge is 2.12. The molecule has 152 valence electrons. The summed E-state index contributed by atoms with van der Waals surface area (Å²) in [6.07, 6.45) is 0. The van der Waals surface area contributed by atoms with Gasteiger partial charge in [-0.25, -0.2) is 4.98 Å². The van der Waals surface area contributed by atoms with Crippen LogP contribution in [-0.2, 0) is 20.9 Å². The maximum atomic E-state index is 11.9. The number of carbonyl (C=O) groups is 1. The Morgan fingerprint density at radius 2 is 1.79 bits per heavy atom. The van der Waals surface area contributed by atoms with Gasteiger partial charge in [-0.15, -0.1) is 0 Å². The first-order valence-corrected chi connectivity index (χ1v) is 9.33. The second-order valence-electron chi connectivity index (χ2n) is 6.95. The van der Waals surface area contributed by atoms with Crippen LogP contribution in [0.25, 0.3) is 22.2 Å². The SMILES string of the molecule is COCC(=O)Nc1cc2c(C)cc(-c3ccc(OC)c(COC)c3)nc2cc1C. The zero-order valence-electron chi connectivity index (χ0n) is 17.5. The molecule has 0 saturated carbocycles. The fourth-order valence-corrected chi connectivity index (χ4v) is 3.35. The van der Waals surface area contributed by atoms with Crippen LogP contribution in [0.5, 0.6) is 5.75 Å². The summed E-state index contributed by atoms with van der Waals surface area (Å²) in [5.41, 5.74) is 6.52. The maximum absolute atomic E-state index is 11.9. The molecule has 2 aromatic carbocycles. The topological polar surface area (TPSA) is 69.7 Å². The molecule has 0 aliphatic carbocycles. The van der Waals surface area contributed by atoms with E-state index in [0.29, 0.717) is 6.61 Å². The molecule has 0 spiro atoms. The Labute approximate surface area is 170 Å². The van der Waals surface area contributed by atoms with Crippen molar-refractivity contribution in [1.29, 1.82) is 0 Å². The van der Waals surface area contributed by atoms with Crippen molar-refractivity contribution in [1.82, 2.24) is 4.98 Å². The molecule has 29 heavy (non-hydrogen) atoms. The number of aromatic nitrogens is 1. The summed E-state index contributed by atoms with van der Waals surface area (Å²) in [4.78, 5) is 16.8. The highest BCUT2D eigenvalue weighted by atomic mass is 16.5. The second-order valence-corrected chi connectivity index (χ2v) is 6.95. The van der Waals surface area contributed by atoms with E-state index in [4.69, 9.17) is 19.2 Å². The van der Waals surface area contributed by atoms with E-state index in [1.807, 2.05) is 44.2 Å². The summed E-state index contributed by atoms with van der Waals surface area (Å²) < 4.78 is 15.6. The molecule has 6 nitrogen and oxygen atoms in total. The van der Waals surface area contributed by atoms with Gasteiger partial charge < -0.3 is 19.5 Å². The van der Waals surface area contributed by atoms with Crippen molar-refractivity contribution in [3.05, 3.63) is 53.1 Å². The number of hydrogen-bond acceptors (Lipinski definition) is 5. The van der Waals surface area contributed by atoms with E-state index in [-0.39, 0.29) is 12.5 Å². The second kappa shape index (κ2) is 9.03. The first kappa shape index (κ1) is 20.8. The molecule has 0 unspecified atom stereocenters. The molecule has 1 amide bonds. The van der Waals surface area contributed by atoms with Crippen LogP contribution in [0.4, 0.5) is 5.69 Å². The van der Waals surface area contributed by atoms with E-state index in [1.54, 1.807) is 14.2 Å². The minimum absolute atomic E-state index is 0.0227. The summed E-state index contributed by atoms with van der Waals surface area (Å²) in [6.45, 7) is 4.49. The zero-order chi connectivity index (χ0) is 21.0. The van der Waals surface area contributed by atoms with Crippen LogP contribution in [-0.4, -0.2) is 38.8 Å². The maximum Gasteiger partial charge on any atom is 0.250 e. The first-order chi connectivity index (χ1) is 14.0. The molecule has 0 radical (unpaired) electrons. The summed E-state index contributed by atoms with van der Waals surface area (Å²) in [5.74, 6) is 0.612. The predicted octanol–water partition coefficient (Wildman–Crippen LogP) is 4.26. The van der Waals surface area contributed by atoms with Crippen molar-refractivity contribution >= 4 is 22.5 Å². The lowest BCUT2D eigenvalue weighted by molar-refractivity contribution is -0.119.